The monoisotopic (exact) mass is 310 g/mol. The first-order valence-corrected chi connectivity index (χ1v) is 8.35. The van der Waals surface area contributed by atoms with Crippen LogP contribution in [0.25, 0.3) is 0 Å². The van der Waals surface area contributed by atoms with Crippen LogP contribution in [0, 0.1) is 0 Å². The molecule has 0 saturated carbocycles. The van der Waals surface area contributed by atoms with Gasteiger partial charge in [0.2, 0.25) is 0 Å². The van der Waals surface area contributed by atoms with Gasteiger partial charge in [-0.1, -0.05) is 60.7 Å². The number of likely N-dealkylation sites (N-methyl/N-ethyl adjacent to an activating group) is 2. The van der Waals surface area contributed by atoms with Crippen molar-refractivity contribution in [3.8, 4) is 0 Å². The molecule has 0 N–H and O–H groups in total. The minimum absolute atomic E-state index is 0.279. The fraction of sp³-hybridized carbons (Fsp3) is 0.316. The summed E-state index contributed by atoms with van der Waals surface area (Å²) in [4.78, 5) is 4.71. The van der Waals surface area contributed by atoms with Gasteiger partial charge in [-0.2, -0.15) is 0 Å². The molecule has 1 aliphatic heterocycles. The molecule has 2 unspecified atom stereocenters. The van der Waals surface area contributed by atoms with Crippen molar-refractivity contribution in [3.05, 3.63) is 71.8 Å². The van der Waals surface area contributed by atoms with Crippen LogP contribution in [0.5, 0.6) is 0 Å². The van der Waals surface area contributed by atoms with Gasteiger partial charge >= 0.3 is 0 Å². The highest BCUT2D eigenvalue weighted by Crippen LogP contribution is 2.44. The van der Waals surface area contributed by atoms with Crippen molar-refractivity contribution in [3.63, 3.8) is 0 Å². The molecule has 2 nitrogen and oxygen atoms in total. The van der Waals surface area contributed by atoms with Gasteiger partial charge in [0.15, 0.2) is 5.11 Å². The smallest absolute Gasteiger partial charge is 0.172 e. The third-order valence-electron chi connectivity index (χ3n) is 4.43. The Labute approximate surface area is 138 Å². The Morgan fingerprint density at radius 3 is 1.41 bits per heavy atom. The van der Waals surface area contributed by atoms with Crippen LogP contribution in [0.15, 0.2) is 60.7 Å². The van der Waals surface area contributed by atoms with E-state index in [0.29, 0.717) is 0 Å². The molecule has 1 fully saturated rings. The van der Waals surface area contributed by atoms with Crippen LogP contribution in [0.4, 0.5) is 0 Å². The minimum Gasteiger partial charge on any atom is -0.340 e. The van der Waals surface area contributed by atoms with E-state index in [2.05, 4.69) is 84.3 Å². The summed E-state index contributed by atoms with van der Waals surface area (Å²) < 4.78 is 0. The lowest BCUT2D eigenvalue weighted by Crippen LogP contribution is -2.32. The lowest BCUT2D eigenvalue weighted by atomic mass is 9.93. The molecule has 1 saturated heterocycles. The third kappa shape index (κ3) is 2.50. The van der Waals surface area contributed by atoms with Crippen molar-refractivity contribution in [2.24, 2.45) is 0 Å². The van der Waals surface area contributed by atoms with Crippen LogP contribution < -0.4 is 0 Å². The van der Waals surface area contributed by atoms with Crippen molar-refractivity contribution in [2.45, 2.75) is 25.9 Å². The Hall–Kier alpha value is -1.87. The molecule has 114 valence electrons. The van der Waals surface area contributed by atoms with Gasteiger partial charge in [0.05, 0.1) is 12.1 Å². The molecule has 0 bridgehead atoms. The molecule has 3 rings (SSSR count). The Kier molecular flexibility index (Phi) is 4.44. The Bertz CT molecular complexity index is 571. The first kappa shape index (κ1) is 15.0. The zero-order chi connectivity index (χ0) is 15.5. The maximum absolute atomic E-state index is 5.77. The molecule has 0 spiro atoms. The van der Waals surface area contributed by atoms with Gasteiger partial charge in [-0.25, -0.2) is 0 Å². The fourth-order valence-electron chi connectivity index (χ4n) is 3.43. The summed E-state index contributed by atoms with van der Waals surface area (Å²) in [5.41, 5.74) is 2.66. The molecule has 2 aromatic rings. The number of hydrogen-bond acceptors (Lipinski definition) is 1. The predicted octanol–water partition coefficient (Wildman–Crippen LogP) is 4.41. The molecular weight excluding hydrogens is 288 g/mol. The van der Waals surface area contributed by atoms with E-state index in [9.17, 15) is 0 Å². The minimum atomic E-state index is 0.279. The molecule has 1 heterocycles. The van der Waals surface area contributed by atoms with Crippen molar-refractivity contribution in [1.82, 2.24) is 9.80 Å². The molecule has 0 radical (unpaired) electrons. The van der Waals surface area contributed by atoms with E-state index in [1.165, 1.54) is 11.1 Å². The highest BCUT2D eigenvalue weighted by Gasteiger charge is 2.43. The van der Waals surface area contributed by atoms with Gasteiger partial charge in [-0.05, 0) is 37.2 Å². The van der Waals surface area contributed by atoms with Crippen molar-refractivity contribution in [2.75, 3.05) is 13.1 Å². The highest BCUT2D eigenvalue weighted by molar-refractivity contribution is 7.80. The molecule has 0 amide bonds. The van der Waals surface area contributed by atoms with E-state index in [0.717, 1.165) is 18.2 Å². The molecule has 2 aromatic carbocycles. The summed E-state index contributed by atoms with van der Waals surface area (Å²) in [5, 5.41) is 0.965. The molecule has 2 atom stereocenters. The van der Waals surface area contributed by atoms with E-state index in [4.69, 9.17) is 12.2 Å². The Morgan fingerprint density at radius 2 is 1.09 bits per heavy atom. The standard InChI is InChI=1S/C19H22N2S/c1-3-20-17(15-11-7-5-8-12-15)18(21(4-2)19(20)22)16-13-9-6-10-14-16/h5-14,17-18H,3-4H2,1-2H3. The van der Waals surface area contributed by atoms with E-state index < -0.39 is 0 Å². The van der Waals surface area contributed by atoms with Crippen LogP contribution in [0.1, 0.15) is 37.1 Å². The highest BCUT2D eigenvalue weighted by atomic mass is 32.1. The summed E-state index contributed by atoms with van der Waals surface area (Å²) in [6, 6.07) is 22.0. The summed E-state index contributed by atoms with van der Waals surface area (Å²) in [6.07, 6.45) is 0. The molecule has 22 heavy (non-hydrogen) atoms. The lowest BCUT2D eigenvalue weighted by molar-refractivity contribution is 0.281. The second kappa shape index (κ2) is 6.49. The van der Waals surface area contributed by atoms with E-state index in [1.807, 2.05) is 0 Å². The molecular formula is C19H22N2S. The third-order valence-corrected chi connectivity index (χ3v) is 4.89. The second-order valence-corrected chi connectivity index (χ2v) is 5.93. The summed E-state index contributed by atoms with van der Waals surface area (Å²) in [5.74, 6) is 0. The number of benzene rings is 2. The topological polar surface area (TPSA) is 6.48 Å². The lowest BCUT2D eigenvalue weighted by Gasteiger charge is -2.28. The first-order valence-electron chi connectivity index (χ1n) is 7.95. The summed E-state index contributed by atoms with van der Waals surface area (Å²) >= 11 is 5.77. The van der Waals surface area contributed by atoms with Crippen LogP contribution in [0.3, 0.4) is 0 Å². The molecule has 0 aromatic heterocycles. The van der Waals surface area contributed by atoms with Crippen LogP contribution >= 0.6 is 12.2 Å². The van der Waals surface area contributed by atoms with Crippen molar-refractivity contribution < 1.29 is 0 Å². The van der Waals surface area contributed by atoms with Gasteiger partial charge in [0.1, 0.15) is 0 Å². The number of hydrogen-bond donors (Lipinski definition) is 0. The zero-order valence-electron chi connectivity index (χ0n) is 13.1. The molecule has 3 heteroatoms. The largest absolute Gasteiger partial charge is 0.340 e. The van der Waals surface area contributed by atoms with Gasteiger partial charge in [0.25, 0.3) is 0 Å². The maximum Gasteiger partial charge on any atom is 0.172 e. The van der Waals surface area contributed by atoms with Crippen LogP contribution in [-0.2, 0) is 0 Å². The summed E-state index contributed by atoms with van der Waals surface area (Å²) in [6.45, 7) is 6.23. The van der Waals surface area contributed by atoms with Gasteiger partial charge in [-0.3, -0.25) is 0 Å². The SMILES string of the molecule is CCN1C(=S)N(CC)C(c2ccccc2)C1c1ccccc1. The number of nitrogens with zero attached hydrogens (tertiary/aromatic N) is 2. The van der Waals surface area contributed by atoms with Gasteiger partial charge < -0.3 is 9.80 Å². The quantitative estimate of drug-likeness (QED) is 0.772. The average molecular weight is 310 g/mol. The number of rotatable bonds is 4. The second-order valence-electron chi connectivity index (χ2n) is 5.57. The van der Waals surface area contributed by atoms with Crippen molar-refractivity contribution >= 4 is 17.3 Å². The van der Waals surface area contributed by atoms with Crippen LogP contribution in [-0.4, -0.2) is 28.0 Å². The van der Waals surface area contributed by atoms with E-state index in [1.54, 1.807) is 0 Å². The first-order chi connectivity index (χ1) is 10.8. The fourth-order valence-corrected chi connectivity index (χ4v) is 3.92. The average Bonchev–Trinajstić information content (AvgIpc) is 2.88. The molecule has 1 aliphatic rings. The Balaban J connectivity index is 2.11. The van der Waals surface area contributed by atoms with Crippen molar-refractivity contribution in [1.29, 1.82) is 0 Å². The van der Waals surface area contributed by atoms with Gasteiger partial charge in [0, 0.05) is 13.1 Å². The van der Waals surface area contributed by atoms with E-state index >= 15 is 0 Å². The van der Waals surface area contributed by atoms with Gasteiger partial charge in [-0.15, -0.1) is 0 Å². The molecule has 0 aliphatic carbocycles. The zero-order valence-corrected chi connectivity index (χ0v) is 14.0. The maximum atomic E-state index is 5.77. The normalized spacial score (nSPS) is 21.5. The van der Waals surface area contributed by atoms with E-state index in [-0.39, 0.29) is 12.1 Å². The number of thiocarbonyl (C=S) groups is 1. The predicted molar refractivity (Wildman–Crippen MR) is 95.7 cm³/mol. The Morgan fingerprint density at radius 1 is 0.727 bits per heavy atom. The summed E-state index contributed by atoms with van der Waals surface area (Å²) in [7, 11) is 0. The van der Waals surface area contributed by atoms with Crippen LogP contribution in [0.2, 0.25) is 0 Å².